The van der Waals surface area contributed by atoms with Crippen LogP contribution in [0.1, 0.15) is 50.5 Å². The first-order chi connectivity index (χ1) is 11.0. The Morgan fingerprint density at radius 1 is 1.13 bits per heavy atom. The van der Waals surface area contributed by atoms with E-state index < -0.39 is 10.0 Å². The van der Waals surface area contributed by atoms with E-state index >= 15 is 0 Å². The molecule has 0 atom stereocenters. The van der Waals surface area contributed by atoms with Gasteiger partial charge in [0.05, 0.1) is 5.25 Å². The molecule has 1 aliphatic heterocycles. The van der Waals surface area contributed by atoms with Crippen molar-refractivity contribution in [2.24, 2.45) is 0 Å². The summed E-state index contributed by atoms with van der Waals surface area (Å²) >= 11 is 0. The van der Waals surface area contributed by atoms with Crippen LogP contribution in [-0.2, 0) is 14.8 Å². The molecule has 2 fully saturated rings. The van der Waals surface area contributed by atoms with Gasteiger partial charge in [0.25, 0.3) is 0 Å². The van der Waals surface area contributed by atoms with Crippen molar-refractivity contribution in [3.8, 4) is 0 Å². The topological polar surface area (TPSA) is 66.5 Å². The van der Waals surface area contributed by atoms with Crippen molar-refractivity contribution in [2.75, 3.05) is 16.2 Å². The maximum absolute atomic E-state index is 12.5. The highest BCUT2D eigenvalue weighted by molar-refractivity contribution is 7.93. The Morgan fingerprint density at radius 2 is 1.87 bits per heavy atom. The number of amides is 1. The molecule has 126 valence electrons. The van der Waals surface area contributed by atoms with E-state index in [0.29, 0.717) is 12.1 Å². The zero-order valence-electron chi connectivity index (χ0n) is 13.5. The predicted molar refractivity (Wildman–Crippen MR) is 92.2 cm³/mol. The Bertz CT molecular complexity index is 694. The number of aryl methyl sites for hydroxylation is 1. The van der Waals surface area contributed by atoms with Gasteiger partial charge in [0.1, 0.15) is 0 Å². The lowest BCUT2D eigenvalue weighted by atomic mass is 10.0. The molecule has 3 rings (SSSR count). The van der Waals surface area contributed by atoms with Gasteiger partial charge in [-0.05, 0) is 49.9 Å². The molecule has 0 aromatic heterocycles. The number of rotatable bonds is 4. The summed E-state index contributed by atoms with van der Waals surface area (Å²) in [5, 5.41) is -0.281. The summed E-state index contributed by atoms with van der Waals surface area (Å²) in [4.78, 5) is 13.6. The Kier molecular flexibility index (Phi) is 4.62. The minimum absolute atomic E-state index is 0.142. The Hall–Kier alpha value is -1.56. The van der Waals surface area contributed by atoms with Crippen LogP contribution < -0.4 is 9.62 Å². The number of hydrogen-bond donors (Lipinski definition) is 1. The van der Waals surface area contributed by atoms with E-state index in [2.05, 4.69) is 4.72 Å². The van der Waals surface area contributed by atoms with Gasteiger partial charge in [-0.3, -0.25) is 9.52 Å². The molecule has 1 amide bonds. The molecular formula is C17H24N2O3S. The average molecular weight is 336 g/mol. The highest BCUT2D eigenvalue weighted by atomic mass is 32.2. The lowest BCUT2D eigenvalue weighted by Crippen LogP contribution is -2.29. The van der Waals surface area contributed by atoms with Gasteiger partial charge >= 0.3 is 0 Å². The Morgan fingerprint density at radius 3 is 2.48 bits per heavy atom. The van der Waals surface area contributed by atoms with Crippen LogP contribution in [0.25, 0.3) is 0 Å². The first-order valence-electron chi connectivity index (χ1n) is 8.40. The molecule has 1 aliphatic carbocycles. The van der Waals surface area contributed by atoms with Crippen molar-refractivity contribution in [3.05, 3.63) is 23.8 Å². The number of nitrogens with zero attached hydrogens (tertiary/aromatic N) is 1. The molecular weight excluding hydrogens is 312 g/mol. The predicted octanol–water partition coefficient (Wildman–Crippen LogP) is 3.20. The molecule has 1 saturated carbocycles. The minimum Gasteiger partial charge on any atom is -0.312 e. The van der Waals surface area contributed by atoms with E-state index in [4.69, 9.17) is 0 Å². The van der Waals surface area contributed by atoms with Crippen molar-refractivity contribution in [3.63, 3.8) is 0 Å². The van der Waals surface area contributed by atoms with Crippen LogP contribution >= 0.6 is 0 Å². The molecule has 0 radical (unpaired) electrons. The molecule has 23 heavy (non-hydrogen) atoms. The van der Waals surface area contributed by atoms with Crippen LogP contribution in [0, 0.1) is 6.92 Å². The zero-order chi connectivity index (χ0) is 16.4. The fourth-order valence-electron chi connectivity index (χ4n) is 3.55. The van der Waals surface area contributed by atoms with E-state index in [0.717, 1.165) is 56.3 Å². The van der Waals surface area contributed by atoms with E-state index in [9.17, 15) is 13.2 Å². The molecule has 6 heteroatoms. The van der Waals surface area contributed by atoms with Crippen molar-refractivity contribution < 1.29 is 13.2 Å². The number of sulfonamides is 1. The van der Waals surface area contributed by atoms with Crippen molar-refractivity contribution in [1.82, 2.24) is 0 Å². The molecule has 1 saturated heterocycles. The molecule has 1 aromatic carbocycles. The number of carbonyl (C=O) groups excluding carboxylic acids is 1. The first kappa shape index (κ1) is 16.3. The zero-order valence-corrected chi connectivity index (χ0v) is 14.4. The molecule has 0 bridgehead atoms. The molecule has 1 N–H and O–H groups in total. The third-order valence-electron chi connectivity index (χ3n) is 4.81. The minimum atomic E-state index is -3.33. The van der Waals surface area contributed by atoms with Gasteiger partial charge in [0, 0.05) is 24.3 Å². The third-order valence-corrected chi connectivity index (χ3v) is 6.68. The smallest absolute Gasteiger partial charge is 0.235 e. The molecule has 1 heterocycles. The van der Waals surface area contributed by atoms with Crippen molar-refractivity contribution in [1.29, 1.82) is 0 Å². The fraction of sp³-hybridized carbons (Fsp3) is 0.588. The van der Waals surface area contributed by atoms with Gasteiger partial charge in [-0.1, -0.05) is 19.3 Å². The van der Waals surface area contributed by atoms with Gasteiger partial charge in [0.2, 0.25) is 15.9 Å². The van der Waals surface area contributed by atoms with Crippen LogP contribution in [0.3, 0.4) is 0 Å². The van der Waals surface area contributed by atoms with Gasteiger partial charge in [-0.15, -0.1) is 0 Å². The number of carbonyl (C=O) groups is 1. The van der Waals surface area contributed by atoms with Crippen molar-refractivity contribution >= 4 is 27.3 Å². The first-order valence-corrected chi connectivity index (χ1v) is 9.95. The summed E-state index contributed by atoms with van der Waals surface area (Å²) in [6, 6.07) is 5.42. The summed E-state index contributed by atoms with van der Waals surface area (Å²) in [5.74, 6) is 0.142. The summed E-state index contributed by atoms with van der Waals surface area (Å²) < 4.78 is 27.7. The van der Waals surface area contributed by atoms with Crippen LogP contribution in [0.15, 0.2) is 18.2 Å². The maximum atomic E-state index is 12.5. The van der Waals surface area contributed by atoms with Gasteiger partial charge in [-0.2, -0.15) is 0 Å². The fourth-order valence-corrected chi connectivity index (χ4v) is 5.12. The second-order valence-corrected chi connectivity index (χ2v) is 8.52. The van der Waals surface area contributed by atoms with Crippen LogP contribution in [-0.4, -0.2) is 26.1 Å². The molecule has 0 spiro atoms. The standard InChI is InChI=1S/C17H24N2O3S/c1-13-12-14(9-10-16(13)19-11-5-8-17(19)20)18-23(21,22)15-6-3-2-4-7-15/h9-10,12,15,18H,2-8,11H2,1H3. The quantitative estimate of drug-likeness (QED) is 0.918. The molecule has 5 nitrogen and oxygen atoms in total. The second kappa shape index (κ2) is 6.51. The summed E-state index contributed by atoms with van der Waals surface area (Å²) in [6.07, 6.45) is 6.07. The molecule has 2 aliphatic rings. The molecule has 0 unspecified atom stereocenters. The van der Waals surface area contributed by atoms with Gasteiger partial charge in [-0.25, -0.2) is 8.42 Å². The lowest BCUT2D eigenvalue weighted by Gasteiger charge is -2.23. The van der Waals surface area contributed by atoms with Gasteiger partial charge < -0.3 is 4.90 Å². The van der Waals surface area contributed by atoms with E-state index in [1.165, 1.54) is 0 Å². The van der Waals surface area contributed by atoms with Crippen LogP contribution in [0.4, 0.5) is 11.4 Å². The monoisotopic (exact) mass is 336 g/mol. The number of hydrogen-bond acceptors (Lipinski definition) is 3. The summed E-state index contributed by atoms with van der Waals surface area (Å²) in [5.41, 5.74) is 2.39. The highest BCUT2D eigenvalue weighted by Crippen LogP contribution is 2.29. The number of anilines is 2. The number of benzene rings is 1. The largest absolute Gasteiger partial charge is 0.312 e. The average Bonchev–Trinajstić information content (AvgIpc) is 2.94. The SMILES string of the molecule is Cc1cc(NS(=O)(=O)C2CCCCC2)ccc1N1CCCC1=O. The summed E-state index contributed by atoms with van der Waals surface area (Å²) in [6.45, 7) is 2.66. The Balaban J connectivity index is 1.76. The maximum Gasteiger partial charge on any atom is 0.235 e. The second-order valence-electron chi connectivity index (χ2n) is 6.56. The Labute approximate surface area is 138 Å². The van der Waals surface area contributed by atoms with E-state index in [-0.39, 0.29) is 11.2 Å². The van der Waals surface area contributed by atoms with Crippen LogP contribution in [0.2, 0.25) is 0 Å². The highest BCUT2D eigenvalue weighted by Gasteiger charge is 2.28. The third kappa shape index (κ3) is 3.52. The van der Waals surface area contributed by atoms with Crippen molar-refractivity contribution in [2.45, 2.75) is 57.1 Å². The summed E-state index contributed by atoms with van der Waals surface area (Å²) in [7, 11) is -3.33. The normalized spacial score (nSPS) is 20.0. The van der Waals surface area contributed by atoms with E-state index in [1.807, 2.05) is 19.1 Å². The van der Waals surface area contributed by atoms with Gasteiger partial charge in [0.15, 0.2) is 0 Å². The lowest BCUT2D eigenvalue weighted by molar-refractivity contribution is -0.117. The van der Waals surface area contributed by atoms with Crippen LogP contribution in [0.5, 0.6) is 0 Å². The molecule has 1 aromatic rings. The number of nitrogens with one attached hydrogen (secondary N) is 1. The van der Waals surface area contributed by atoms with E-state index in [1.54, 1.807) is 11.0 Å².